The molecular weight excluding hydrogens is 346 g/mol. The first-order chi connectivity index (χ1) is 12.2. The number of hydrogen-bond donors (Lipinski definition) is 3. The van der Waals surface area contributed by atoms with Gasteiger partial charge in [-0.2, -0.15) is 4.98 Å². The lowest BCUT2D eigenvalue weighted by atomic mass is 9.80. The van der Waals surface area contributed by atoms with Crippen LogP contribution in [-0.2, 0) is 6.54 Å². The predicted octanol–water partition coefficient (Wildman–Crippen LogP) is 4.46. The first kappa shape index (κ1) is 18.9. The highest BCUT2D eigenvalue weighted by Gasteiger charge is 2.37. The third-order valence-electron chi connectivity index (χ3n) is 4.57. The van der Waals surface area contributed by atoms with Gasteiger partial charge >= 0.3 is 0 Å². The van der Waals surface area contributed by atoms with Gasteiger partial charge < -0.3 is 16.0 Å². The van der Waals surface area contributed by atoms with Crippen LogP contribution in [-0.4, -0.2) is 27.1 Å². The van der Waals surface area contributed by atoms with Gasteiger partial charge in [0.25, 0.3) is 0 Å². The van der Waals surface area contributed by atoms with Crippen LogP contribution in [0, 0.1) is 0 Å². The van der Waals surface area contributed by atoms with Crippen molar-refractivity contribution >= 4 is 23.4 Å². The zero-order valence-corrected chi connectivity index (χ0v) is 16.7. The summed E-state index contributed by atoms with van der Waals surface area (Å²) in [5.74, 6) is 1.48. The van der Waals surface area contributed by atoms with E-state index in [0.29, 0.717) is 18.5 Å². The number of nitrogens with zero attached hydrogens (tertiary/aromatic N) is 2. The molecule has 0 spiro atoms. The van der Waals surface area contributed by atoms with Crippen molar-refractivity contribution in [3.63, 3.8) is 0 Å². The highest BCUT2D eigenvalue weighted by Crippen LogP contribution is 2.30. The zero-order valence-electron chi connectivity index (χ0n) is 15.9. The number of anilines is 2. The first-order valence-corrected chi connectivity index (χ1v) is 9.46. The molecule has 1 aliphatic rings. The number of hydrogen-bond acceptors (Lipinski definition) is 5. The lowest BCUT2D eigenvalue weighted by molar-refractivity contribution is 0.170. The summed E-state index contributed by atoms with van der Waals surface area (Å²) in [6.45, 7) is 9.67. The summed E-state index contributed by atoms with van der Waals surface area (Å²) in [5.41, 5.74) is 1.33. The third-order valence-corrected chi connectivity index (χ3v) is 4.82. The molecule has 2 heterocycles. The lowest BCUT2D eigenvalue weighted by Gasteiger charge is -2.46. The van der Waals surface area contributed by atoms with Gasteiger partial charge in [-0.25, -0.2) is 4.98 Å². The van der Waals surface area contributed by atoms with E-state index in [-0.39, 0.29) is 11.1 Å². The fraction of sp³-hybridized carbons (Fsp3) is 0.500. The van der Waals surface area contributed by atoms with Crippen molar-refractivity contribution in [1.29, 1.82) is 0 Å². The molecular formula is C20H28ClN5. The van der Waals surface area contributed by atoms with Crippen molar-refractivity contribution in [2.45, 2.75) is 64.2 Å². The predicted molar refractivity (Wildman–Crippen MR) is 109 cm³/mol. The van der Waals surface area contributed by atoms with Gasteiger partial charge in [-0.05, 0) is 64.3 Å². The molecule has 1 saturated heterocycles. The maximum atomic E-state index is 5.93. The van der Waals surface area contributed by atoms with Gasteiger partial charge in [0.05, 0.1) is 0 Å². The molecule has 0 amide bonds. The Kier molecular flexibility index (Phi) is 5.39. The molecule has 0 unspecified atom stereocenters. The fourth-order valence-corrected chi connectivity index (χ4v) is 4.05. The van der Waals surface area contributed by atoms with Crippen molar-refractivity contribution in [3.05, 3.63) is 47.1 Å². The average molecular weight is 374 g/mol. The molecule has 0 bridgehead atoms. The average Bonchev–Trinajstić information content (AvgIpc) is 2.51. The summed E-state index contributed by atoms with van der Waals surface area (Å²) in [7, 11) is 0. The quantitative estimate of drug-likeness (QED) is 0.722. The van der Waals surface area contributed by atoms with E-state index in [1.165, 1.54) is 0 Å². The largest absolute Gasteiger partial charge is 0.366 e. The SMILES string of the molecule is CC1(C)CC(Nc2nccc(NCc3ccc(Cl)cc3)n2)CC(C)(C)N1. The van der Waals surface area contributed by atoms with E-state index in [1.54, 1.807) is 6.20 Å². The van der Waals surface area contributed by atoms with Crippen molar-refractivity contribution in [3.8, 4) is 0 Å². The summed E-state index contributed by atoms with van der Waals surface area (Å²) < 4.78 is 0. The molecule has 1 fully saturated rings. The lowest BCUT2D eigenvalue weighted by Crippen LogP contribution is -2.60. The molecule has 0 radical (unpaired) electrons. The van der Waals surface area contributed by atoms with Gasteiger partial charge in [0, 0.05) is 34.9 Å². The molecule has 0 saturated carbocycles. The number of rotatable bonds is 5. The van der Waals surface area contributed by atoms with E-state index < -0.39 is 0 Å². The number of piperidine rings is 1. The van der Waals surface area contributed by atoms with Crippen molar-refractivity contribution in [1.82, 2.24) is 15.3 Å². The molecule has 1 aliphatic heterocycles. The molecule has 6 heteroatoms. The molecule has 1 aromatic heterocycles. The Morgan fingerprint density at radius 3 is 2.38 bits per heavy atom. The van der Waals surface area contributed by atoms with Gasteiger partial charge in [-0.1, -0.05) is 23.7 Å². The van der Waals surface area contributed by atoms with Crippen molar-refractivity contribution in [2.75, 3.05) is 10.6 Å². The Morgan fingerprint density at radius 2 is 1.73 bits per heavy atom. The normalized spacial score (nSPS) is 19.1. The summed E-state index contributed by atoms with van der Waals surface area (Å²) in [6.07, 6.45) is 3.85. The topological polar surface area (TPSA) is 61.9 Å². The molecule has 140 valence electrons. The number of benzene rings is 1. The Labute approximate surface area is 161 Å². The molecule has 0 atom stereocenters. The Bertz CT molecular complexity index is 726. The second-order valence-corrected chi connectivity index (χ2v) is 8.82. The monoisotopic (exact) mass is 373 g/mol. The van der Waals surface area contributed by atoms with E-state index >= 15 is 0 Å². The van der Waals surface area contributed by atoms with Crippen LogP contribution in [0.25, 0.3) is 0 Å². The molecule has 1 aromatic carbocycles. The number of halogens is 1. The van der Waals surface area contributed by atoms with E-state index in [0.717, 1.165) is 29.2 Å². The maximum absolute atomic E-state index is 5.93. The molecule has 3 rings (SSSR count). The van der Waals surface area contributed by atoms with Gasteiger partial charge in [0.2, 0.25) is 5.95 Å². The molecule has 26 heavy (non-hydrogen) atoms. The number of nitrogens with one attached hydrogen (secondary N) is 3. The standard InChI is InChI=1S/C20H28ClN5/c1-19(2)11-16(12-20(3,4)26-19)24-18-22-10-9-17(25-18)23-13-14-5-7-15(21)8-6-14/h5-10,16,26H,11-13H2,1-4H3,(H2,22,23,24,25). The molecule has 2 aromatic rings. The van der Waals surface area contributed by atoms with Crippen LogP contribution in [0.1, 0.15) is 46.1 Å². The Morgan fingerprint density at radius 1 is 1.08 bits per heavy atom. The maximum Gasteiger partial charge on any atom is 0.224 e. The van der Waals surface area contributed by atoms with Crippen LogP contribution in [0.5, 0.6) is 0 Å². The fourth-order valence-electron chi connectivity index (χ4n) is 3.93. The molecule has 3 N–H and O–H groups in total. The van der Waals surface area contributed by atoms with E-state index in [4.69, 9.17) is 11.6 Å². The van der Waals surface area contributed by atoms with Crippen molar-refractivity contribution < 1.29 is 0 Å². The molecule has 0 aliphatic carbocycles. The van der Waals surface area contributed by atoms with Crippen LogP contribution in [0.15, 0.2) is 36.5 Å². The summed E-state index contributed by atoms with van der Waals surface area (Å²) in [6, 6.07) is 10.0. The minimum Gasteiger partial charge on any atom is -0.366 e. The minimum atomic E-state index is 0.0872. The summed E-state index contributed by atoms with van der Waals surface area (Å²) in [5, 5.41) is 11.3. The van der Waals surface area contributed by atoms with Crippen LogP contribution < -0.4 is 16.0 Å². The highest BCUT2D eigenvalue weighted by atomic mass is 35.5. The van der Waals surface area contributed by atoms with Crippen LogP contribution in [0.4, 0.5) is 11.8 Å². The zero-order chi connectivity index (χ0) is 18.8. The second-order valence-electron chi connectivity index (χ2n) is 8.39. The first-order valence-electron chi connectivity index (χ1n) is 9.08. The van der Waals surface area contributed by atoms with E-state index in [1.807, 2.05) is 30.3 Å². The van der Waals surface area contributed by atoms with Crippen LogP contribution in [0.3, 0.4) is 0 Å². The Hall–Kier alpha value is -1.85. The third kappa shape index (κ3) is 5.32. The minimum absolute atomic E-state index is 0.0872. The smallest absolute Gasteiger partial charge is 0.224 e. The van der Waals surface area contributed by atoms with Crippen molar-refractivity contribution in [2.24, 2.45) is 0 Å². The van der Waals surface area contributed by atoms with Gasteiger partial charge in [-0.3, -0.25) is 0 Å². The van der Waals surface area contributed by atoms with Crippen LogP contribution in [0.2, 0.25) is 5.02 Å². The highest BCUT2D eigenvalue weighted by molar-refractivity contribution is 6.30. The van der Waals surface area contributed by atoms with E-state index in [2.05, 4.69) is 53.6 Å². The summed E-state index contributed by atoms with van der Waals surface area (Å²) >= 11 is 5.93. The van der Waals surface area contributed by atoms with Crippen LogP contribution >= 0.6 is 11.6 Å². The van der Waals surface area contributed by atoms with Gasteiger partial charge in [0.15, 0.2) is 0 Å². The Balaban J connectivity index is 1.62. The number of aromatic nitrogens is 2. The van der Waals surface area contributed by atoms with E-state index in [9.17, 15) is 0 Å². The molecule has 5 nitrogen and oxygen atoms in total. The van der Waals surface area contributed by atoms with Gasteiger partial charge in [0.1, 0.15) is 5.82 Å². The second kappa shape index (κ2) is 7.41. The summed E-state index contributed by atoms with van der Waals surface area (Å²) in [4.78, 5) is 9.01. The van der Waals surface area contributed by atoms with Gasteiger partial charge in [-0.15, -0.1) is 0 Å².